The molecule has 2 aliphatic rings. The number of hydrogen-bond acceptors (Lipinski definition) is 3. The monoisotopic (exact) mass is 311 g/mol. The molecular formula is C18H21N3O2. The Morgan fingerprint density at radius 1 is 1.17 bits per heavy atom. The molecular weight excluding hydrogens is 290 g/mol. The first-order chi connectivity index (χ1) is 11.3. The summed E-state index contributed by atoms with van der Waals surface area (Å²) >= 11 is 0. The van der Waals surface area contributed by atoms with E-state index in [0.717, 1.165) is 19.4 Å². The van der Waals surface area contributed by atoms with E-state index < -0.39 is 0 Å². The highest BCUT2D eigenvalue weighted by Gasteiger charge is 2.33. The summed E-state index contributed by atoms with van der Waals surface area (Å²) in [5.74, 6) is 1.11. The molecule has 4 rings (SSSR count). The van der Waals surface area contributed by atoms with Gasteiger partial charge in [-0.1, -0.05) is 12.5 Å². The number of nitrogens with zero attached hydrogens (tertiary/aromatic N) is 3. The second-order valence-electron chi connectivity index (χ2n) is 6.41. The first-order valence-electron chi connectivity index (χ1n) is 8.30. The predicted octanol–water partition coefficient (Wildman–Crippen LogP) is 2.47. The maximum absolute atomic E-state index is 12.7. The molecule has 1 atom stereocenters. The van der Waals surface area contributed by atoms with Crippen LogP contribution in [0.25, 0.3) is 0 Å². The number of amides is 1. The standard InChI is InChI=1S/C18H21N3O2/c22-18(14-5-3-6-14)21-11-15-7-4-10-20(15)12-16(13-21)23-17-8-1-2-9-19-17/h1-2,4,7-10,14,16H,3,5-6,11-13H2/t16-/m0/s1. The molecule has 1 aliphatic heterocycles. The lowest BCUT2D eigenvalue weighted by Crippen LogP contribution is -2.43. The number of ether oxygens (including phenoxy) is 1. The van der Waals surface area contributed by atoms with Gasteiger partial charge in [0, 0.05) is 30.1 Å². The van der Waals surface area contributed by atoms with Gasteiger partial charge in [0.2, 0.25) is 11.8 Å². The van der Waals surface area contributed by atoms with Gasteiger partial charge in [-0.05, 0) is 31.0 Å². The van der Waals surface area contributed by atoms with Crippen molar-refractivity contribution in [2.24, 2.45) is 5.92 Å². The molecule has 1 saturated carbocycles. The minimum atomic E-state index is -0.0809. The number of fused-ring (bicyclic) bond motifs is 1. The summed E-state index contributed by atoms with van der Waals surface area (Å²) in [7, 11) is 0. The van der Waals surface area contributed by atoms with E-state index in [4.69, 9.17) is 4.74 Å². The van der Waals surface area contributed by atoms with Crippen LogP contribution in [0.4, 0.5) is 0 Å². The lowest BCUT2D eigenvalue weighted by atomic mass is 9.84. The third-order valence-corrected chi connectivity index (χ3v) is 4.79. The number of carbonyl (C=O) groups is 1. The molecule has 1 aliphatic carbocycles. The van der Waals surface area contributed by atoms with Crippen molar-refractivity contribution in [3.63, 3.8) is 0 Å². The van der Waals surface area contributed by atoms with Gasteiger partial charge in [0.1, 0.15) is 6.10 Å². The smallest absolute Gasteiger partial charge is 0.226 e. The minimum absolute atomic E-state index is 0.0809. The van der Waals surface area contributed by atoms with Crippen LogP contribution in [0.1, 0.15) is 25.0 Å². The average molecular weight is 311 g/mol. The van der Waals surface area contributed by atoms with Crippen molar-refractivity contribution >= 4 is 5.91 Å². The Hall–Kier alpha value is -2.30. The highest BCUT2D eigenvalue weighted by molar-refractivity contribution is 5.79. The molecule has 5 nitrogen and oxygen atoms in total. The second kappa shape index (κ2) is 6.07. The van der Waals surface area contributed by atoms with E-state index in [9.17, 15) is 4.79 Å². The second-order valence-corrected chi connectivity index (χ2v) is 6.41. The van der Waals surface area contributed by atoms with Gasteiger partial charge >= 0.3 is 0 Å². The van der Waals surface area contributed by atoms with Gasteiger partial charge in [-0.3, -0.25) is 4.79 Å². The minimum Gasteiger partial charge on any atom is -0.471 e. The molecule has 23 heavy (non-hydrogen) atoms. The van der Waals surface area contributed by atoms with Gasteiger partial charge in [0.15, 0.2) is 0 Å². The Balaban J connectivity index is 1.55. The Bertz CT molecular complexity index is 679. The van der Waals surface area contributed by atoms with Gasteiger partial charge in [-0.2, -0.15) is 0 Å². The van der Waals surface area contributed by atoms with E-state index >= 15 is 0 Å². The number of aromatic nitrogens is 2. The lowest BCUT2D eigenvalue weighted by Gasteiger charge is -2.32. The molecule has 2 aromatic heterocycles. The molecule has 3 heterocycles. The van der Waals surface area contributed by atoms with Crippen LogP contribution in [0.3, 0.4) is 0 Å². The van der Waals surface area contributed by atoms with Crippen LogP contribution in [0.5, 0.6) is 5.88 Å². The molecule has 0 radical (unpaired) electrons. The fraction of sp³-hybridized carbons (Fsp3) is 0.444. The number of pyridine rings is 1. The van der Waals surface area contributed by atoms with Gasteiger partial charge in [0.05, 0.1) is 19.6 Å². The first kappa shape index (κ1) is 14.3. The van der Waals surface area contributed by atoms with Crippen LogP contribution in [-0.2, 0) is 17.9 Å². The summed E-state index contributed by atoms with van der Waals surface area (Å²) in [6.07, 6.45) is 6.94. The third-order valence-electron chi connectivity index (χ3n) is 4.79. The Labute approximate surface area is 135 Å². The normalized spacial score (nSPS) is 21.2. The first-order valence-corrected chi connectivity index (χ1v) is 8.30. The Morgan fingerprint density at radius 2 is 2.09 bits per heavy atom. The third kappa shape index (κ3) is 2.96. The molecule has 0 N–H and O–H groups in total. The highest BCUT2D eigenvalue weighted by atomic mass is 16.5. The number of hydrogen-bond donors (Lipinski definition) is 0. The van der Waals surface area contributed by atoms with Crippen molar-refractivity contribution < 1.29 is 9.53 Å². The average Bonchev–Trinajstić information content (AvgIpc) is 2.85. The van der Waals surface area contributed by atoms with Crippen molar-refractivity contribution in [3.05, 3.63) is 48.4 Å². The SMILES string of the molecule is O=C(C1CCC1)N1Cc2cccn2C[C@H](Oc2ccccn2)C1. The molecule has 0 unspecified atom stereocenters. The highest BCUT2D eigenvalue weighted by Crippen LogP contribution is 2.29. The molecule has 0 saturated heterocycles. The summed E-state index contributed by atoms with van der Waals surface area (Å²) in [6.45, 7) is 2.03. The van der Waals surface area contributed by atoms with Crippen molar-refractivity contribution in [2.75, 3.05) is 6.54 Å². The van der Waals surface area contributed by atoms with Crippen LogP contribution >= 0.6 is 0 Å². The van der Waals surface area contributed by atoms with Crippen LogP contribution < -0.4 is 4.74 Å². The fourth-order valence-electron chi connectivity index (χ4n) is 3.30. The molecule has 120 valence electrons. The maximum Gasteiger partial charge on any atom is 0.226 e. The maximum atomic E-state index is 12.7. The fourth-order valence-corrected chi connectivity index (χ4v) is 3.30. The quantitative estimate of drug-likeness (QED) is 0.875. The number of carbonyl (C=O) groups excluding carboxylic acids is 1. The van der Waals surface area contributed by atoms with E-state index in [1.807, 2.05) is 29.2 Å². The lowest BCUT2D eigenvalue weighted by molar-refractivity contribution is -0.139. The zero-order valence-corrected chi connectivity index (χ0v) is 13.1. The van der Waals surface area contributed by atoms with Gasteiger partial charge in [-0.15, -0.1) is 0 Å². The summed E-state index contributed by atoms with van der Waals surface area (Å²) in [6, 6.07) is 9.77. The van der Waals surface area contributed by atoms with Gasteiger partial charge < -0.3 is 14.2 Å². The summed E-state index contributed by atoms with van der Waals surface area (Å²) in [5, 5.41) is 0. The van der Waals surface area contributed by atoms with E-state index in [-0.39, 0.29) is 17.9 Å². The summed E-state index contributed by atoms with van der Waals surface area (Å²) < 4.78 is 8.23. The molecule has 0 spiro atoms. The van der Waals surface area contributed by atoms with E-state index in [1.165, 1.54) is 12.1 Å². The van der Waals surface area contributed by atoms with Crippen LogP contribution in [0.2, 0.25) is 0 Å². The van der Waals surface area contributed by atoms with Crippen molar-refractivity contribution in [1.82, 2.24) is 14.5 Å². The van der Waals surface area contributed by atoms with Gasteiger partial charge in [0.25, 0.3) is 0 Å². The zero-order chi connectivity index (χ0) is 15.6. The molecule has 0 bridgehead atoms. The van der Waals surface area contributed by atoms with Gasteiger partial charge in [-0.25, -0.2) is 4.98 Å². The molecule has 0 aromatic carbocycles. The summed E-state index contributed by atoms with van der Waals surface area (Å²) in [4.78, 5) is 18.9. The summed E-state index contributed by atoms with van der Waals surface area (Å²) in [5.41, 5.74) is 1.17. The Kier molecular flexibility index (Phi) is 3.77. The topological polar surface area (TPSA) is 47.4 Å². The molecule has 1 fully saturated rings. The van der Waals surface area contributed by atoms with Crippen molar-refractivity contribution in [1.29, 1.82) is 0 Å². The molecule has 1 amide bonds. The van der Waals surface area contributed by atoms with E-state index in [1.54, 1.807) is 6.20 Å². The van der Waals surface area contributed by atoms with E-state index in [0.29, 0.717) is 19.0 Å². The zero-order valence-electron chi connectivity index (χ0n) is 13.1. The van der Waals surface area contributed by atoms with Crippen LogP contribution in [0.15, 0.2) is 42.7 Å². The van der Waals surface area contributed by atoms with Crippen molar-refractivity contribution in [3.8, 4) is 5.88 Å². The van der Waals surface area contributed by atoms with Crippen LogP contribution in [-0.4, -0.2) is 33.0 Å². The molecule has 2 aromatic rings. The largest absolute Gasteiger partial charge is 0.471 e. The Morgan fingerprint density at radius 3 is 2.83 bits per heavy atom. The van der Waals surface area contributed by atoms with Crippen LogP contribution in [0, 0.1) is 5.92 Å². The molecule has 5 heteroatoms. The number of rotatable bonds is 3. The van der Waals surface area contributed by atoms with E-state index in [2.05, 4.69) is 21.8 Å². The van der Waals surface area contributed by atoms with Crippen molar-refractivity contribution in [2.45, 2.75) is 38.5 Å². The predicted molar refractivity (Wildman–Crippen MR) is 85.8 cm³/mol.